The van der Waals surface area contributed by atoms with Crippen LogP contribution < -0.4 is 20.2 Å². The highest BCUT2D eigenvalue weighted by atomic mass is 32.1. The number of amides is 1. The van der Waals surface area contributed by atoms with Crippen molar-refractivity contribution in [2.75, 3.05) is 19.0 Å². The first-order chi connectivity index (χ1) is 13.6. The van der Waals surface area contributed by atoms with E-state index in [-0.39, 0.29) is 5.91 Å². The van der Waals surface area contributed by atoms with Crippen LogP contribution in [0.25, 0.3) is 10.2 Å². The molecule has 0 aliphatic rings. The van der Waals surface area contributed by atoms with E-state index < -0.39 is 6.04 Å². The van der Waals surface area contributed by atoms with E-state index in [9.17, 15) is 4.79 Å². The second-order valence-electron chi connectivity index (χ2n) is 5.93. The number of hydrogen-bond donors (Lipinski definition) is 2. The number of thiazole rings is 1. The van der Waals surface area contributed by atoms with Gasteiger partial charge in [-0.1, -0.05) is 23.5 Å². The van der Waals surface area contributed by atoms with E-state index in [2.05, 4.69) is 20.8 Å². The smallest absolute Gasteiger partial charge is 0.262 e. The van der Waals surface area contributed by atoms with Gasteiger partial charge in [0, 0.05) is 0 Å². The van der Waals surface area contributed by atoms with E-state index in [1.54, 1.807) is 32.4 Å². The lowest BCUT2D eigenvalue weighted by Crippen LogP contribution is -2.34. The number of nitrogens with one attached hydrogen (secondary N) is 2. The Morgan fingerprint density at radius 1 is 1.29 bits per heavy atom. The van der Waals surface area contributed by atoms with Crippen LogP contribution in [0.2, 0.25) is 0 Å². The van der Waals surface area contributed by atoms with Crippen LogP contribution in [0.3, 0.4) is 0 Å². The van der Waals surface area contributed by atoms with Gasteiger partial charge in [0.2, 0.25) is 0 Å². The van der Waals surface area contributed by atoms with Gasteiger partial charge in [-0.2, -0.15) is 5.10 Å². The monoisotopic (exact) mass is 398 g/mol. The van der Waals surface area contributed by atoms with Crippen molar-refractivity contribution in [2.45, 2.75) is 19.9 Å². The zero-order chi connectivity index (χ0) is 19.9. The molecule has 3 aromatic rings. The third-order valence-corrected chi connectivity index (χ3v) is 4.87. The summed E-state index contributed by atoms with van der Waals surface area (Å²) in [5.74, 6) is 1.02. The van der Waals surface area contributed by atoms with Gasteiger partial charge < -0.3 is 14.8 Å². The summed E-state index contributed by atoms with van der Waals surface area (Å²) in [6.45, 7) is 4.19. The fourth-order valence-electron chi connectivity index (χ4n) is 2.49. The van der Waals surface area contributed by atoms with Crippen LogP contribution in [0.15, 0.2) is 47.6 Å². The quantitative estimate of drug-likeness (QED) is 0.447. The number of nitrogens with zero attached hydrogens (tertiary/aromatic N) is 2. The number of rotatable bonds is 8. The Kier molecular flexibility index (Phi) is 6.44. The molecule has 0 fully saturated rings. The third-order valence-electron chi connectivity index (χ3n) is 3.90. The normalized spacial score (nSPS) is 12.1. The van der Waals surface area contributed by atoms with Crippen molar-refractivity contribution in [1.82, 2.24) is 10.4 Å². The standard InChI is InChI=1S/C20H22N4O3S/c1-4-27-17-11-14(9-10-16(17)26-3)12-21-24-19(25)13(2)22-20-23-15-7-5-6-8-18(15)28-20/h5-13H,4H2,1-3H3,(H,22,23)(H,24,25)/b21-12-/t13-/m0/s1. The molecule has 146 valence electrons. The van der Waals surface area contributed by atoms with Gasteiger partial charge in [-0.25, -0.2) is 10.4 Å². The van der Waals surface area contributed by atoms with Crippen LogP contribution in [0.4, 0.5) is 5.13 Å². The van der Waals surface area contributed by atoms with Crippen LogP contribution in [0.1, 0.15) is 19.4 Å². The molecule has 1 atom stereocenters. The highest BCUT2D eigenvalue weighted by molar-refractivity contribution is 7.22. The van der Waals surface area contributed by atoms with Crippen molar-refractivity contribution in [1.29, 1.82) is 0 Å². The molecule has 1 aromatic heterocycles. The number of fused-ring (bicyclic) bond motifs is 1. The number of methoxy groups -OCH3 is 1. The molecule has 0 aliphatic carbocycles. The highest BCUT2D eigenvalue weighted by Crippen LogP contribution is 2.27. The minimum absolute atomic E-state index is 0.256. The van der Waals surface area contributed by atoms with Gasteiger partial charge in [0.1, 0.15) is 6.04 Å². The maximum Gasteiger partial charge on any atom is 0.262 e. The molecule has 2 N–H and O–H groups in total. The summed E-state index contributed by atoms with van der Waals surface area (Å²) < 4.78 is 11.9. The van der Waals surface area contributed by atoms with Crippen LogP contribution in [0.5, 0.6) is 11.5 Å². The lowest BCUT2D eigenvalue weighted by Gasteiger charge is -2.11. The second kappa shape index (κ2) is 9.18. The minimum Gasteiger partial charge on any atom is -0.493 e. The molecule has 2 aromatic carbocycles. The topological polar surface area (TPSA) is 84.8 Å². The second-order valence-corrected chi connectivity index (χ2v) is 6.96. The van der Waals surface area contributed by atoms with Gasteiger partial charge in [0.25, 0.3) is 5.91 Å². The Labute approximate surface area is 167 Å². The Hall–Kier alpha value is -3.13. The molecule has 1 heterocycles. The zero-order valence-corrected chi connectivity index (χ0v) is 16.7. The maximum atomic E-state index is 12.3. The fourth-order valence-corrected chi connectivity index (χ4v) is 3.45. The summed E-state index contributed by atoms with van der Waals surface area (Å²) in [7, 11) is 1.59. The molecule has 0 radical (unpaired) electrons. The van der Waals surface area contributed by atoms with Crippen molar-refractivity contribution in [2.24, 2.45) is 5.10 Å². The average Bonchev–Trinajstić information content (AvgIpc) is 3.10. The molecule has 0 saturated carbocycles. The SMILES string of the molecule is CCOc1cc(/C=N\NC(=O)[C@H](C)Nc2nc3ccccc3s2)ccc1OC. The molecule has 0 aliphatic heterocycles. The fraction of sp³-hybridized carbons (Fsp3) is 0.250. The van der Waals surface area contributed by atoms with Crippen LogP contribution in [-0.2, 0) is 4.79 Å². The summed E-state index contributed by atoms with van der Waals surface area (Å²) in [5.41, 5.74) is 4.23. The first-order valence-electron chi connectivity index (χ1n) is 8.86. The van der Waals surface area contributed by atoms with Gasteiger partial charge in [0.05, 0.1) is 30.1 Å². The summed E-state index contributed by atoms with van der Waals surface area (Å²) in [6.07, 6.45) is 1.56. The molecule has 0 spiro atoms. The van der Waals surface area contributed by atoms with Crippen molar-refractivity contribution >= 4 is 38.8 Å². The largest absolute Gasteiger partial charge is 0.493 e. The molecule has 7 nitrogen and oxygen atoms in total. The van der Waals surface area contributed by atoms with E-state index in [0.717, 1.165) is 15.8 Å². The van der Waals surface area contributed by atoms with E-state index in [4.69, 9.17) is 9.47 Å². The highest BCUT2D eigenvalue weighted by Gasteiger charge is 2.14. The molecule has 3 rings (SSSR count). The molecule has 8 heteroatoms. The number of carbonyl (C=O) groups is 1. The average molecular weight is 398 g/mol. The van der Waals surface area contributed by atoms with E-state index in [1.165, 1.54) is 11.3 Å². The van der Waals surface area contributed by atoms with Crippen LogP contribution >= 0.6 is 11.3 Å². The van der Waals surface area contributed by atoms with E-state index >= 15 is 0 Å². The number of anilines is 1. The first kappa shape index (κ1) is 19.6. The summed E-state index contributed by atoms with van der Waals surface area (Å²) in [6, 6.07) is 12.8. The molecule has 1 amide bonds. The minimum atomic E-state index is -0.479. The van der Waals surface area contributed by atoms with Gasteiger partial charge in [-0.3, -0.25) is 4.79 Å². The van der Waals surface area contributed by atoms with Gasteiger partial charge in [-0.05, 0) is 49.7 Å². The van der Waals surface area contributed by atoms with E-state index in [1.807, 2.05) is 37.3 Å². The Bertz CT molecular complexity index is 953. The third kappa shape index (κ3) is 4.77. The van der Waals surface area contributed by atoms with Crippen LogP contribution in [0, 0.1) is 0 Å². The van der Waals surface area contributed by atoms with Crippen molar-refractivity contribution in [3.8, 4) is 11.5 Å². The Balaban J connectivity index is 1.58. The van der Waals surface area contributed by atoms with E-state index in [0.29, 0.717) is 23.2 Å². The Morgan fingerprint density at radius 2 is 2.11 bits per heavy atom. The number of hydrogen-bond acceptors (Lipinski definition) is 7. The molecular formula is C20H22N4O3S. The van der Waals surface area contributed by atoms with Crippen molar-refractivity contribution in [3.05, 3.63) is 48.0 Å². The molecule has 0 saturated heterocycles. The number of aromatic nitrogens is 1. The molecule has 0 unspecified atom stereocenters. The van der Waals surface area contributed by atoms with Crippen molar-refractivity contribution < 1.29 is 14.3 Å². The Morgan fingerprint density at radius 3 is 2.86 bits per heavy atom. The zero-order valence-electron chi connectivity index (χ0n) is 15.9. The predicted octanol–water partition coefficient (Wildman–Crippen LogP) is 3.65. The summed E-state index contributed by atoms with van der Waals surface area (Å²) in [5, 5.41) is 7.83. The molecule has 28 heavy (non-hydrogen) atoms. The summed E-state index contributed by atoms with van der Waals surface area (Å²) >= 11 is 1.51. The molecular weight excluding hydrogens is 376 g/mol. The number of para-hydroxylation sites is 1. The van der Waals surface area contributed by atoms with Crippen LogP contribution in [-0.4, -0.2) is 36.9 Å². The lowest BCUT2D eigenvalue weighted by molar-refractivity contribution is -0.121. The summed E-state index contributed by atoms with van der Waals surface area (Å²) in [4.78, 5) is 16.7. The predicted molar refractivity (Wildman–Crippen MR) is 113 cm³/mol. The lowest BCUT2D eigenvalue weighted by atomic mass is 10.2. The number of hydrazone groups is 1. The first-order valence-corrected chi connectivity index (χ1v) is 9.68. The molecule has 0 bridgehead atoms. The number of carbonyl (C=O) groups excluding carboxylic acids is 1. The van der Waals surface area contributed by atoms with Gasteiger partial charge in [0.15, 0.2) is 16.6 Å². The number of ether oxygens (including phenoxy) is 2. The maximum absolute atomic E-state index is 12.3. The van der Waals surface area contributed by atoms with Gasteiger partial charge >= 0.3 is 0 Å². The van der Waals surface area contributed by atoms with Crippen molar-refractivity contribution in [3.63, 3.8) is 0 Å². The van der Waals surface area contributed by atoms with Gasteiger partial charge in [-0.15, -0.1) is 0 Å². The number of benzene rings is 2.